The Morgan fingerprint density at radius 1 is 0.278 bits per heavy atom. The third kappa shape index (κ3) is 3.32. The minimum atomic E-state index is 0.113. The highest BCUT2D eigenvalue weighted by molar-refractivity contribution is 7.09. The summed E-state index contributed by atoms with van der Waals surface area (Å²) in [4.78, 5) is 8.08. The van der Waals surface area contributed by atoms with Crippen LogP contribution in [-0.2, 0) is 0 Å². The molecule has 6 heterocycles. The zero-order valence-corrected chi connectivity index (χ0v) is 31.5. The van der Waals surface area contributed by atoms with Gasteiger partial charge < -0.3 is 14.7 Å². The van der Waals surface area contributed by atoms with Gasteiger partial charge in [0.1, 0.15) is 0 Å². The third-order valence-electron chi connectivity index (χ3n) is 13.5. The molecule has 0 saturated heterocycles. The highest BCUT2D eigenvalue weighted by Gasteiger charge is 2.57. The van der Waals surface area contributed by atoms with Crippen molar-refractivity contribution in [3.8, 4) is 0 Å². The first-order valence-electron chi connectivity index (χ1n) is 19.5. The SMILES string of the molecule is Cc1ccc2c(c1)N1c3cc(C)ccc3B3c4ccc(C)cc4N4c5cc(C)ccc5B5c6ccc(C)cc6N6c7cc(C)ccc7B2c2c1c3c4c5c26. The molecule has 0 aliphatic carbocycles. The summed E-state index contributed by atoms with van der Waals surface area (Å²) in [5.41, 5.74) is 32.6. The van der Waals surface area contributed by atoms with Gasteiger partial charge in [-0.3, -0.25) is 0 Å². The number of hydrogen-bond donors (Lipinski definition) is 0. The summed E-state index contributed by atoms with van der Waals surface area (Å²) < 4.78 is 0. The van der Waals surface area contributed by atoms with E-state index in [1.807, 2.05) is 0 Å². The molecule has 0 N–H and O–H groups in total. The van der Waals surface area contributed by atoms with Crippen LogP contribution in [0.5, 0.6) is 0 Å². The molecule has 54 heavy (non-hydrogen) atoms. The number of rotatable bonds is 0. The molecule has 7 aromatic rings. The minimum Gasteiger partial charge on any atom is -0.312 e. The van der Waals surface area contributed by atoms with Gasteiger partial charge in [0, 0.05) is 51.2 Å². The molecule has 6 aliphatic rings. The first kappa shape index (κ1) is 29.6. The van der Waals surface area contributed by atoms with Crippen molar-refractivity contribution < 1.29 is 0 Å². The van der Waals surface area contributed by atoms with Gasteiger partial charge >= 0.3 is 0 Å². The molecule has 6 aliphatic heterocycles. The van der Waals surface area contributed by atoms with Crippen molar-refractivity contribution in [3.63, 3.8) is 0 Å². The van der Waals surface area contributed by atoms with Crippen LogP contribution in [0.25, 0.3) is 0 Å². The average molecular weight is 687 g/mol. The van der Waals surface area contributed by atoms with Gasteiger partial charge in [-0.05, 0) is 160 Å². The third-order valence-corrected chi connectivity index (χ3v) is 13.5. The number of anilines is 9. The quantitative estimate of drug-likeness (QED) is 0.199. The van der Waals surface area contributed by atoms with Gasteiger partial charge in [-0.1, -0.05) is 72.8 Å². The van der Waals surface area contributed by atoms with Gasteiger partial charge in [-0.2, -0.15) is 0 Å². The fourth-order valence-corrected chi connectivity index (χ4v) is 11.4. The van der Waals surface area contributed by atoms with Crippen molar-refractivity contribution in [1.82, 2.24) is 0 Å². The minimum absolute atomic E-state index is 0.113. The summed E-state index contributed by atoms with van der Waals surface area (Å²) in [5.74, 6) is 0. The molecule has 0 amide bonds. The lowest BCUT2D eigenvalue weighted by Gasteiger charge is -2.56. The molecule has 6 heteroatoms. The highest BCUT2D eigenvalue weighted by Crippen LogP contribution is 2.51. The summed E-state index contributed by atoms with van der Waals surface area (Å²) in [7, 11) is 0. The van der Waals surface area contributed by atoms with E-state index in [2.05, 4.69) is 165 Å². The second kappa shape index (κ2) is 9.62. The van der Waals surface area contributed by atoms with Crippen molar-refractivity contribution in [1.29, 1.82) is 0 Å². The maximum absolute atomic E-state index is 2.69. The van der Waals surface area contributed by atoms with Crippen LogP contribution in [0.15, 0.2) is 109 Å². The van der Waals surface area contributed by atoms with Gasteiger partial charge in [-0.25, -0.2) is 0 Å². The molecular formula is C48H36B3N3. The van der Waals surface area contributed by atoms with Crippen LogP contribution in [0.1, 0.15) is 33.4 Å². The van der Waals surface area contributed by atoms with Gasteiger partial charge in [0.2, 0.25) is 0 Å². The van der Waals surface area contributed by atoms with Gasteiger partial charge in [0.25, 0.3) is 20.1 Å². The second-order valence-electron chi connectivity index (χ2n) is 17.0. The first-order chi connectivity index (χ1) is 26.3. The predicted molar refractivity (Wildman–Crippen MR) is 233 cm³/mol. The van der Waals surface area contributed by atoms with Crippen molar-refractivity contribution in [2.45, 2.75) is 41.5 Å². The van der Waals surface area contributed by atoms with E-state index in [-0.39, 0.29) is 20.1 Å². The normalized spacial score (nSPS) is 15.0. The Bertz CT molecular complexity index is 2470. The van der Waals surface area contributed by atoms with E-state index in [1.54, 1.807) is 0 Å². The number of aryl methyl sites for hydroxylation is 6. The molecule has 0 spiro atoms. The molecule has 13 rings (SSSR count). The molecule has 0 radical (unpaired) electrons. The van der Waals surface area contributed by atoms with Gasteiger partial charge in [-0.15, -0.1) is 0 Å². The van der Waals surface area contributed by atoms with E-state index < -0.39 is 0 Å². The summed E-state index contributed by atoms with van der Waals surface area (Å²) >= 11 is 0. The Morgan fingerprint density at radius 3 is 0.648 bits per heavy atom. The molecule has 0 fully saturated rings. The molecular weight excluding hydrogens is 651 g/mol. The zero-order chi connectivity index (χ0) is 36.0. The zero-order valence-electron chi connectivity index (χ0n) is 31.5. The number of benzene rings is 7. The lowest BCUT2D eigenvalue weighted by Crippen LogP contribution is -2.74. The summed E-state index contributed by atoms with van der Waals surface area (Å²) in [6.07, 6.45) is 0. The topological polar surface area (TPSA) is 9.72 Å². The molecule has 0 atom stereocenters. The summed E-state index contributed by atoms with van der Waals surface area (Å²) in [5, 5.41) is 0. The molecule has 252 valence electrons. The maximum Gasteiger partial charge on any atom is 0.252 e. The molecule has 3 nitrogen and oxygen atoms in total. The second-order valence-corrected chi connectivity index (χ2v) is 17.0. The van der Waals surface area contributed by atoms with E-state index in [4.69, 9.17) is 0 Å². The lowest BCUT2D eigenvalue weighted by molar-refractivity contribution is 1.22. The summed E-state index contributed by atoms with van der Waals surface area (Å²) in [6.45, 7) is 13.9. The first-order valence-corrected chi connectivity index (χ1v) is 19.5. The fourth-order valence-electron chi connectivity index (χ4n) is 11.4. The van der Waals surface area contributed by atoms with Crippen LogP contribution >= 0.6 is 0 Å². The maximum atomic E-state index is 2.69. The molecule has 0 bridgehead atoms. The Balaban J connectivity index is 1.31. The van der Waals surface area contributed by atoms with Crippen molar-refractivity contribution >= 4 is 120 Å². The predicted octanol–water partition coefficient (Wildman–Crippen LogP) is 5.38. The van der Waals surface area contributed by atoms with Crippen LogP contribution < -0.4 is 63.9 Å². The van der Waals surface area contributed by atoms with Crippen LogP contribution in [0.2, 0.25) is 0 Å². The Morgan fingerprint density at radius 2 is 0.463 bits per heavy atom. The fraction of sp³-hybridized carbons (Fsp3) is 0.125. The average Bonchev–Trinajstić information content (AvgIpc) is 3.15. The van der Waals surface area contributed by atoms with Crippen LogP contribution in [-0.4, -0.2) is 20.1 Å². The summed E-state index contributed by atoms with van der Waals surface area (Å²) in [6, 6.07) is 43.4. The van der Waals surface area contributed by atoms with E-state index in [0.29, 0.717) is 0 Å². The lowest BCUT2D eigenvalue weighted by atomic mass is 9.24. The van der Waals surface area contributed by atoms with E-state index in [9.17, 15) is 0 Å². The number of hydrogen-bond acceptors (Lipinski definition) is 3. The highest BCUT2D eigenvalue weighted by atomic mass is 15.2. The van der Waals surface area contributed by atoms with E-state index in [1.165, 1.54) is 134 Å². The van der Waals surface area contributed by atoms with Crippen molar-refractivity contribution in [2.24, 2.45) is 0 Å². The van der Waals surface area contributed by atoms with Gasteiger partial charge in [0.05, 0.1) is 0 Å². The Kier molecular flexibility index (Phi) is 5.27. The molecule has 7 aromatic carbocycles. The van der Waals surface area contributed by atoms with Crippen molar-refractivity contribution in [3.05, 3.63) is 143 Å². The Labute approximate surface area is 318 Å². The monoisotopic (exact) mass is 687 g/mol. The van der Waals surface area contributed by atoms with Crippen LogP contribution in [0.3, 0.4) is 0 Å². The number of nitrogens with zero attached hydrogens (tertiary/aromatic N) is 3. The molecule has 0 aromatic heterocycles. The van der Waals surface area contributed by atoms with Crippen molar-refractivity contribution in [2.75, 3.05) is 14.7 Å². The largest absolute Gasteiger partial charge is 0.312 e. The van der Waals surface area contributed by atoms with Gasteiger partial charge in [0.15, 0.2) is 0 Å². The smallest absolute Gasteiger partial charge is 0.252 e. The van der Waals surface area contributed by atoms with E-state index >= 15 is 0 Å². The van der Waals surface area contributed by atoms with Crippen LogP contribution in [0.4, 0.5) is 51.2 Å². The number of fused-ring (bicyclic) bond motifs is 18. The molecule has 0 unspecified atom stereocenters. The van der Waals surface area contributed by atoms with Crippen LogP contribution in [0, 0.1) is 41.5 Å². The molecule has 0 saturated carbocycles. The standard InChI is InChI=1S/C48H36B3N3/c1-25-7-13-31-37(19-25)52-38-20-26(2)8-14-32(38)50-34-16-10-28(4)22-40(34)54-42-24-30(6)12-18-36(42)51-35-17-11-29(5)23-41(35)53-39-21-27(3)9-15-33(39)49(31)43-46(52)44(50)48(54)45(51)47(43)53/h7-24H,1-6H3. The Hall–Kier alpha value is -5.87. The van der Waals surface area contributed by atoms with E-state index in [0.717, 1.165) is 0 Å².